The number of anilines is 3. The molecule has 2 aromatic rings. The second kappa shape index (κ2) is 5.55. The molecular weight excluding hydrogens is 349 g/mol. The first-order chi connectivity index (χ1) is 8.19. The van der Waals surface area contributed by atoms with Crippen molar-refractivity contribution in [2.24, 2.45) is 0 Å². The highest BCUT2D eigenvalue weighted by atomic mass is 127. The van der Waals surface area contributed by atoms with Crippen LogP contribution in [0.15, 0.2) is 36.7 Å². The summed E-state index contributed by atoms with van der Waals surface area (Å²) in [5.74, 6) is 0. The largest absolute Gasteiger partial charge is 0.387 e. The van der Waals surface area contributed by atoms with Crippen LogP contribution in [0.2, 0.25) is 5.02 Å². The van der Waals surface area contributed by atoms with E-state index >= 15 is 0 Å². The third-order valence-corrected chi connectivity index (χ3v) is 3.36. The van der Waals surface area contributed by atoms with Crippen molar-refractivity contribution in [2.45, 2.75) is 0 Å². The lowest BCUT2D eigenvalue weighted by molar-refractivity contribution is 1.30. The minimum atomic E-state index is 0.738. The van der Waals surface area contributed by atoms with Crippen molar-refractivity contribution in [3.8, 4) is 0 Å². The lowest BCUT2D eigenvalue weighted by atomic mass is 10.3. The van der Waals surface area contributed by atoms with Crippen LogP contribution in [-0.4, -0.2) is 12.0 Å². The van der Waals surface area contributed by atoms with Gasteiger partial charge in [0.05, 0.1) is 29.5 Å². The molecular formula is C12H11ClIN3. The average Bonchev–Trinajstić information content (AvgIpc) is 2.33. The topological polar surface area (TPSA) is 37.0 Å². The van der Waals surface area contributed by atoms with Gasteiger partial charge in [-0.3, -0.25) is 4.98 Å². The zero-order valence-corrected chi connectivity index (χ0v) is 12.1. The lowest BCUT2D eigenvalue weighted by Gasteiger charge is -2.09. The highest BCUT2D eigenvalue weighted by Crippen LogP contribution is 2.26. The van der Waals surface area contributed by atoms with E-state index in [9.17, 15) is 0 Å². The molecule has 0 fully saturated rings. The summed E-state index contributed by atoms with van der Waals surface area (Å²) < 4.78 is 1.07. The van der Waals surface area contributed by atoms with E-state index in [1.807, 2.05) is 31.3 Å². The average molecular weight is 360 g/mol. The molecule has 0 atom stereocenters. The summed E-state index contributed by atoms with van der Waals surface area (Å²) in [7, 11) is 1.87. The molecule has 0 unspecified atom stereocenters. The molecule has 0 radical (unpaired) electrons. The SMILES string of the molecule is CNc1cncc(Nc2ccc(Cl)cc2I)c1. The molecule has 1 heterocycles. The molecule has 0 aliphatic carbocycles. The number of benzene rings is 1. The van der Waals surface area contributed by atoms with E-state index in [0.29, 0.717) is 0 Å². The van der Waals surface area contributed by atoms with Crippen molar-refractivity contribution in [2.75, 3.05) is 17.7 Å². The molecule has 2 rings (SSSR count). The molecule has 0 aliphatic rings. The lowest BCUT2D eigenvalue weighted by Crippen LogP contribution is -1.95. The Labute approximate surface area is 119 Å². The number of aromatic nitrogens is 1. The van der Waals surface area contributed by atoms with Crippen LogP contribution in [0.1, 0.15) is 0 Å². The molecule has 88 valence electrons. The summed E-state index contributed by atoms with van der Waals surface area (Å²) in [4.78, 5) is 4.15. The molecule has 0 aliphatic heterocycles. The Morgan fingerprint density at radius 3 is 2.65 bits per heavy atom. The van der Waals surface area contributed by atoms with E-state index in [2.05, 4.69) is 38.2 Å². The molecule has 5 heteroatoms. The van der Waals surface area contributed by atoms with Gasteiger partial charge in [0.25, 0.3) is 0 Å². The Hall–Kier alpha value is -1.01. The van der Waals surface area contributed by atoms with Gasteiger partial charge in [0.1, 0.15) is 0 Å². The van der Waals surface area contributed by atoms with Gasteiger partial charge in [-0.1, -0.05) is 11.6 Å². The quantitative estimate of drug-likeness (QED) is 0.809. The number of hydrogen-bond donors (Lipinski definition) is 2. The predicted octanol–water partition coefficient (Wildman–Crippen LogP) is 4.12. The molecule has 0 saturated carbocycles. The van der Waals surface area contributed by atoms with Crippen molar-refractivity contribution in [1.29, 1.82) is 0 Å². The molecule has 17 heavy (non-hydrogen) atoms. The molecule has 0 amide bonds. The van der Waals surface area contributed by atoms with Crippen molar-refractivity contribution in [1.82, 2.24) is 4.98 Å². The van der Waals surface area contributed by atoms with Crippen molar-refractivity contribution in [3.05, 3.63) is 45.3 Å². The van der Waals surface area contributed by atoms with Crippen LogP contribution in [0, 0.1) is 3.57 Å². The van der Waals surface area contributed by atoms with Gasteiger partial charge in [0, 0.05) is 15.6 Å². The summed E-state index contributed by atoms with van der Waals surface area (Å²) in [6.07, 6.45) is 3.56. The first-order valence-corrected chi connectivity index (χ1v) is 6.49. The van der Waals surface area contributed by atoms with Crippen LogP contribution >= 0.6 is 34.2 Å². The molecule has 0 saturated heterocycles. The Morgan fingerprint density at radius 1 is 1.18 bits per heavy atom. The first-order valence-electron chi connectivity index (χ1n) is 5.04. The Bertz CT molecular complexity index is 531. The third-order valence-electron chi connectivity index (χ3n) is 2.24. The number of rotatable bonds is 3. The van der Waals surface area contributed by atoms with Crippen LogP contribution in [0.5, 0.6) is 0 Å². The second-order valence-electron chi connectivity index (χ2n) is 3.46. The minimum absolute atomic E-state index is 0.738. The highest BCUT2D eigenvalue weighted by molar-refractivity contribution is 14.1. The van der Waals surface area contributed by atoms with Gasteiger partial charge in [0.15, 0.2) is 0 Å². The van der Waals surface area contributed by atoms with Crippen molar-refractivity contribution >= 4 is 51.3 Å². The summed E-state index contributed by atoms with van der Waals surface area (Å²) in [5, 5.41) is 7.09. The second-order valence-corrected chi connectivity index (χ2v) is 5.06. The number of hydrogen-bond acceptors (Lipinski definition) is 3. The minimum Gasteiger partial charge on any atom is -0.387 e. The van der Waals surface area contributed by atoms with Crippen LogP contribution < -0.4 is 10.6 Å². The molecule has 3 nitrogen and oxygen atoms in total. The smallest absolute Gasteiger partial charge is 0.0591 e. The van der Waals surface area contributed by atoms with Gasteiger partial charge in [-0.15, -0.1) is 0 Å². The van der Waals surface area contributed by atoms with E-state index in [1.54, 1.807) is 12.4 Å². The van der Waals surface area contributed by atoms with E-state index < -0.39 is 0 Å². The van der Waals surface area contributed by atoms with Gasteiger partial charge in [-0.2, -0.15) is 0 Å². The van der Waals surface area contributed by atoms with Crippen LogP contribution in [0.3, 0.4) is 0 Å². The Kier molecular flexibility index (Phi) is 4.06. The summed E-state index contributed by atoms with van der Waals surface area (Å²) in [5.41, 5.74) is 2.93. The van der Waals surface area contributed by atoms with Crippen LogP contribution in [0.25, 0.3) is 0 Å². The van der Waals surface area contributed by atoms with Crippen molar-refractivity contribution < 1.29 is 0 Å². The highest BCUT2D eigenvalue weighted by Gasteiger charge is 2.02. The number of nitrogens with zero attached hydrogens (tertiary/aromatic N) is 1. The van der Waals surface area contributed by atoms with Gasteiger partial charge in [-0.05, 0) is 46.9 Å². The number of nitrogens with one attached hydrogen (secondary N) is 2. The van der Waals surface area contributed by atoms with E-state index in [4.69, 9.17) is 11.6 Å². The van der Waals surface area contributed by atoms with E-state index in [0.717, 1.165) is 25.7 Å². The summed E-state index contributed by atoms with van der Waals surface area (Å²) in [6, 6.07) is 7.73. The van der Waals surface area contributed by atoms with Gasteiger partial charge < -0.3 is 10.6 Å². The van der Waals surface area contributed by atoms with Gasteiger partial charge in [-0.25, -0.2) is 0 Å². The van der Waals surface area contributed by atoms with Crippen LogP contribution in [-0.2, 0) is 0 Å². The maximum atomic E-state index is 5.91. The predicted molar refractivity (Wildman–Crippen MR) is 81.2 cm³/mol. The standard InChI is InChI=1S/C12H11ClIN3/c1-15-9-5-10(7-16-6-9)17-12-3-2-8(13)4-11(12)14/h2-7,15,17H,1H3. The molecule has 2 N–H and O–H groups in total. The molecule has 1 aromatic heterocycles. The molecule has 0 bridgehead atoms. The summed E-state index contributed by atoms with van der Waals surface area (Å²) in [6.45, 7) is 0. The van der Waals surface area contributed by atoms with Crippen LogP contribution in [0.4, 0.5) is 17.1 Å². The summed E-state index contributed by atoms with van der Waals surface area (Å²) >= 11 is 8.16. The molecule has 1 aromatic carbocycles. The number of halogens is 2. The monoisotopic (exact) mass is 359 g/mol. The third kappa shape index (κ3) is 3.23. The fraction of sp³-hybridized carbons (Fsp3) is 0.0833. The Balaban J connectivity index is 2.25. The zero-order chi connectivity index (χ0) is 12.3. The fourth-order valence-electron chi connectivity index (χ4n) is 1.39. The maximum Gasteiger partial charge on any atom is 0.0591 e. The first kappa shape index (κ1) is 12.4. The Morgan fingerprint density at radius 2 is 1.94 bits per heavy atom. The van der Waals surface area contributed by atoms with E-state index in [-0.39, 0.29) is 0 Å². The van der Waals surface area contributed by atoms with Gasteiger partial charge in [0.2, 0.25) is 0 Å². The molecule has 0 spiro atoms. The maximum absolute atomic E-state index is 5.91. The fourth-order valence-corrected chi connectivity index (χ4v) is 2.40. The van der Waals surface area contributed by atoms with Gasteiger partial charge >= 0.3 is 0 Å². The van der Waals surface area contributed by atoms with Crippen molar-refractivity contribution in [3.63, 3.8) is 0 Å². The normalized spacial score (nSPS) is 10.1. The zero-order valence-electron chi connectivity index (χ0n) is 9.17. The van der Waals surface area contributed by atoms with E-state index in [1.165, 1.54) is 0 Å². The number of pyridine rings is 1.